The van der Waals surface area contributed by atoms with Crippen molar-refractivity contribution in [2.75, 3.05) is 18.4 Å². The van der Waals surface area contributed by atoms with Crippen molar-refractivity contribution in [2.45, 2.75) is 39.2 Å². The lowest BCUT2D eigenvalue weighted by Crippen LogP contribution is -2.27. The van der Waals surface area contributed by atoms with Crippen molar-refractivity contribution in [3.05, 3.63) is 40.4 Å². The van der Waals surface area contributed by atoms with Gasteiger partial charge >= 0.3 is 0 Å². The van der Waals surface area contributed by atoms with E-state index >= 15 is 0 Å². The zero-order chi connectivity index (χ0) is 16.9. The minimum Gasteiger partial charge on any atom is -0.385 e. The number of fused-ring (bicyclic) bond motifs is 1. The van der Waals surface area contributed by atoms with Gasteiger partial charge in [-0.3, -0.25) is 4.79 Å². The normalized spacial score (nSPS) is 13.4. The van der Waals surface area contributed by atoms with Crippen molar-refractivity contribution in [3.8, 4) is 0 Å². The largest absolute Gasteiger partial charge is 0.385 e. The van der Waals surface area contributed by atoms with E-state index in [2.05, 4.69) is 25.4 Å². The second-order valence-corrected chi connectivity index (χ2v) is 6.30. The van der Waals surface area contributed by atoms with Gasteiger partial charge in [0.2, 0.25) is 0 Å². The molecule has 7 heteroatoms. The summed E-state index contributed by atoms with van der Waals surface area (Å²) in [5.41, 5.74) is 1.35. The lowest BCUT2D eigenvalue weighted by molar-refractivity contribution is 0.0954. The van der Waals surface area contributed by atoms with Crippen LogP contribution in [-0.4, -0.2) is 33.8 Å². The number of nitrogens with zero attached hydrogens (tertiary/aromatic N) is 3. The highest BCUT2D eigenvalue weighted by Gasteiger charge is 2.16. The van der Waals surface area contributed by atoms with Gasteiger partial charge in [-0.05, 0) is 38.0 Å². The van der Waals surface area contributed by atoms with Gasteiger partial charge in [-0.1, -0.05) is 11.6 Å². The number of halogens is 1. The highest BCUT2D eigenvalue weighted by molar-refractivity contribution is 6.31. The Bertz CT molecular complexity index is 728. The zero-order valence-corrected chi connectivity index (χ0v) is 14.6. The van der Waals surface area contributed by atoms with Crippen molar-refractivity contribution in [1.29, 1.82) is 0 Å². The molecule has 0 saturated carbocycles. The predicted octanol–water partition coefficient (Wildman–Crippen LogP) is 2.67. The number of aromatic nitrogens is 3. The molecular formula is C17H22ClN5O. The van der Waals surface area contributed by atoms with Crippen LogP contribution < -0.4 is 10.6 Å². The molecule has 0 saturated heterocycles. The molecule has 1 aliphatic heterocycles. The summed E-state index contributed by atoms with van der Waals surface area (Å²) in [6.45, 7) is 4.23. The molecule has 0 bridgehead atoms. The van der Waals surface area contributed by atoms with Gasteiger partial charge in [0.1, 0.15) is 11.6 Å². The highest BCUT2D eigenvalue weighted by atomic mass is 35.5. The first-order chi connectivity index (χ1) is 11.7. The van der Waals surface area contributed by atoms with E-state index in [-0.39, 0.29) is 5.91 Å². The van der Waals surface area contributed by atoms with Gasteiger partial charge < -0.3 is 15.2 Å². The Labute approximate surface area is 146 Å². The van der Waals surface area contributed by atoms with Gasteiger partial charge in [-0.2, -0.15) is 0 Å². The van der Waals surface area contributed by atoms with Gasteiger partial charge in [-0.15, -0.1) is 10.2 Å². The molecule has 6 nitrogen and oxygen atoms in total. The van der Waals surface area contributed by atoms with Crippen LogP contribution in [0.1, 0.15) is 41.8 Å². The maximum atomic E-state index is 12.5. The average molecular weight is 348 g/mol. The maximum absolute atomic E-state index is 12.5. The second kappa shape index (κ2) is 7.66. The third-order valence-corrected chi connectivity index (χ3v) is 4.40. The number of hydrogen-bond acceptors (Lipinski definition) is 4. The Kier molecular flexibility index (Phi) is 5.35. The Balaban J connectivity index is 1.62. The number of amides is 1. The second-order valence-electron chi connectivity index (χ2n) is 5.87. The smallest absolute Gasteiger partial charge is 0.253 e. The molecule has 1 aromatic carbocycles. The Morgan fingerprint density at radius 1 is 1.33 bits per heavy atom. The number of carbonyl (C=O) groups is 1. The molecule has 3 rings (SSSR count). The first-order valence-corrected chi connectivity index (χ1v) is 8.79. The van der Waals surface area contributed by atoms with Crippen molar-refractivity contribution < 1.29 is 4.79 Å². The molecule has 0 radical (unpaired) electrons. The van der Waals surface area contributed by atoms with Crippen LogP contribution in [0, 0.1) is 0 Å². The Hall–Kier alpha value is -2.08. The third-order valence-electron chi connectivity index (χ3n) is 4.16. The summed E-state index contributed by atoms with van der Waals surface area (Å²) in [6, 6.07) is 5.29. The number of aryl methyl sites for hydroxylation is 1. The number of hydrogen-bond donors (Lipinski definition) is 2. The van der Waals surface area contributed by atoms with Gasteiger partial charge in [-0.25, -0.2) is 0 Å². The molecule has 2 N–H and O–H groups in total. The first kappa shape index (κ1) is 16.8. The van der Waals surface area contributed by atoms with Crippen molar-refractivity contribution in [1.82, 2.24) is 20.1 Å². The van der Waals surface area contributed by atoms with Crippen LogP contribution in [0.5, 0.6) is 0 Å². The van der Waals surface area contributed by atoms with Crippen molar-refractivity contribution >= 4 is 23.2 Å². The van der Waals surface area contributed by atoms with Crippen molar-refractivity contribution in [3.63, 3.8) is 0 Å². The van der Waals surface area contributed by atoms with E-state index in [1.807, 2.05) is 13.0 Å². The zero-order valence-electron chi connectivity index (χ0n) is 13.8. The van der Waals surface area contributed by atoms with Crippen LogP contribution in [-0.2, 0) is 19.4 Å². The van der Waals surface area contributed by atoms with Crippen LogP contribution in [0.2, 0.25) is 5.02 Å². The summed E-state index contributed by atoms with van der Waals surface area (Å²) in [6.07, 6.45) is 4.01. The molecule has 0 aliphatic carbocycles. The van der Waals surface area contributed by atoms with Crippen molar-refractivity contribution in [2.24, 2.45) is 0 Å². The fourth-order valence-electron chi connectivity index (χ4n) is 2.99. The molecule has 0 fully saturated rings. The minimum absolute atomic E-state index is 0.133. The molecular weight excluding hydrogens is 326 g/mol. The lowest BCUT2D eigenvalue weighted by Gasteiger charge is -2.15. The molecule has 1 aliphatic rings. The maximum Gasteiger partial charge on any atom is 0.253 e. The fourth-order valence-corrected chi connectivity index (χ4v) is 3.16. The molecule has 1 amide bonds. The molecule has 2 heterocycles. The van der Waals surface area contributed by atoms with Crippen LogP contribution in [0.25, 0.3) is 0 Å². The topological polar surface area (TPSA) is 71.8 Å². The summed E-state index contributed by atoms with van der Waals surface area (Å²) in [5.74, 6) is 1.88. The first-order valence-electron chi connectivity index (χ1n) is 8.41. The van der Waals surface area contributed by atoms with Gasteiger partial charge in [0.25, 0.3) is 5.91 Å². The van der Waals surface area contributed by atoms with E-state index in [0.717, 1.165) is 36.8 Å². The quantitative estimate of drug-likeness (QED) is 0.842. The van der Waals surface area contributed by atoms with Gasteiger partial charge in [0.15, 0.2) is 0 Å². The van der Waals surface area contributed by atoms with Gasteiger partial charge in [0, 0.05) is 43.2 Å². The van der Waals surface area contributed by atoms with E-state index in [4.69, 9.17) is 11.6 Å². The van der Waals surface area contributed by atoms with E-state index in [1.54, 1.807) is 12.1 Å². The molecule has 0 spiro atoms. The molecule has 1 aromatic heterocycles. The fraction of sp³-hybridized carbons (Fsp3) is 0.471. The molecule has 0 unspecified atom stereocenters. The van der Waals surface area contributed by atoms with Gasteiger partial charge in [0.05, 0.1) is 5.56 Å². The van der Waals surface area contributed by atoms with Crippen LogP contribution in [0.4, 0.5) is 5.69 Å². The average Bonchev–Trinajstić information content (AvgIpc) is 3.00. The lowest BCUT2D eigenvalue weighted by atomic mass is 10.1. The Morgan fingerprint density at radius 3 is 3.04 bits per heavy atom. The van der Waals surface area contributed by atoms with Crippen LogP contribution in [0.3, 0.4) is 0 Å². The number of benzene rings is 1. The Morgan fingerprint density at radius 2 is 2.21 bits per heavy atom. The van der Waals surface area contributed by atoms with E-state index in [1.165, 1.54) is 12.8 Å². The molecule has 2 aromatic rings. The number of rotatable bonds is 6. The molecule has 128 valence electrons. The standard InChI is InChI=1S/C17H22ClN5O/c1-2-19-14-7-6-12(18)11-13(14)17(24)20-9-8-16-22-21-15-5-3-4-10-23(15)16/h6-7,11,19H,2-5,8-10H2,1H3,(H,20,24). The van der Waals surface area contributed by atoms with E-state index < -0.39 is 0 Å². The summed E-state index contributed by atoms with van der Waals surface area (Å²) >= 11 is 6.03. The number of carbonyl (C=O) groups excluding carboxylic acids is 1. The summed E-state index contributed by atoms with van der Waals surface area (Å²) in [7, 11) is 0. The molecule has 0 atom stereocenters. The predicted molar refractivity (Wildman–Crippen MR) is 94.6 cm³/mol. The highest BCUT2D eigenvalue weighted by Crippen LogP contribution is 2.20. The third kappa shape index (κ3) is 3.70. The summed E-state index contributed by atoms with van der Waals surface area (Å²) < 4.78 is 2.18. The SMILES string of the molecule is CCNc1ccc(Cl)cc1C(=O)NCCc1nnc2n1CCCC2. The molecule has 24 heavy (non-hydrogen) atoms. The van der Waals surface area contributed by atoms with E-state index in [0.29, 0.717) is 23.6 Å². The van der Waals surface area contributed by atoms with Crippen LogP contribution >= 0.6 is 11.6 Å². The number of nitrogens with one attached hydrogen (secondary N) is 2. The monoisotopic (exact) mass is 347 g/mol. The summed E-state index contributed by atoms with van der Waals surface area (Å²) in [4.78, 5) is 12.5. The number of anilines is 1. The van der Waals surface area contributed by atoms with E-state index in [9.17, 15) is 4.79 Å². The summed E-state index contributed by atoms with van der Waals surface area (Å²) in [5, 5.41) is 15.2. The minimum atomic E-state index is -0.133. The van der Waals surface area contributed by atoms with Crippen LogP contribution in [0.15, 0.2) is 18.2 Å².